The van der Waals surface area contributed by atoms with E-state index in [1.165, 1.54) is 0 Å². The molecule has 6 aromatic carbocycles. The van der Waals surface area contributed by atoms with Gasteiger partial charge >= 0.3 is 0 Å². The van der Waals surface area contributed by atoms with Crippen molar-refractivity contribution in [2.45, 2.75) is 11.1 Å². The van der Waals surface area contributed by atoms with E-state index in [4.69, 9.17) is 0 Å². The van der Waals surface area contributed by atoms with Crippen LogP contribution >= 0.6 is 0 Å². The lowest BCUT2D eigenvalue weighted by atomic mass is 9.66. The van der Waals surface area contributed by atoms with Crippen molar-refractivity contribution >= 4 is 34.6 Å². The van der Waals surface area contributed by atoms with Gasteiger partial charge in [-0.1, -0.05) is 97.1 Å². The highest BCUT2D eigenvalue weighted by Crippen LogP contribution is 2.64. The molecule has 0 saturated heterocycles. The lowest BCUT2D eigenvalue weighted by Crippen LogP contribution is -2.51. The van der Waals surface area contributed by atoms with E-state index < -0.39 is 11.1 Å². The largest absolute Gasteiger partial charge is 0.369 e. The normalized spacial score (nSPS) is 18.7. The van der Waals surface area contributed by atoms with Gasteiger partial charge in [-0.3, -0.25) is 9.59 Å². The molecule has 6 nitrogen and oxygen atoms in total. The number of rotatable bonds is 6. The highest BCUT2D eigenvalue weighted by atomic mass is 16.2. The van der Waals surface area contributed by atoms with Gasteiger partial charge in [0.25, 0.3) is 11.8 Å². The van der Waals surface area contributed by atoms with Gasteiger partial charge < -0.3 is 21.3 Å². The topological polar surface area (TPSA) is 82.3 Å². The van der Waals surface area contributed by atoms with Crippen LogP contribution in [0.5, 0.6) is 0 Å². The predicted octanol–water partition coefficient (Wildman–Crippen LogP) is 8.23. The van der Waals surface area contributed by atoms with Gasteiger partial charge in [-0.2, -0.15) is 0 Å². The van der Waals surface area contributed by atoms with Gasteiger partial charge in [0.1, 0.15) is 11.1 Å². The fourth-order valence-electron chi connectivity index (χ4n) is 7.06. The first-order valence-electron chi connectivity index (χ1n) is 15.3. The Morgan fingerprint density at radius 3 is 1.15 bits per heavy atom. The smallest absolute Gasteiger partial charge is 0.255 e. The van der Waals surface area contributed by atoms with Crippen molar-refractivity contribution in [2.24, 2.45) is 0 Å². The molecule has 0 aliphatic carbocycles. The van der Waals surface area contributed by atoms with E-state index in [-0.39, 0.29) is 11.8 Å². The van der Waals surface area contributed by atoms with Crippen molar-refractivity contribution in [2.75, 3.05) is 21.3 Å². The molecular weight excluding hydrogens is 568 g/mol. The molecule has 4 N–H and O–H groups in total. The first kappa shape index (κ1) is 27.4. The van der Waals surface area contributed by atoms with Crippen LogP contribution in [0.15, 0.2) is 158 Å². The molecule has 2 aliphatic rings. The Balaban J connectivity index is 1.30. The molecule has 0 spiro atoms. The molecule has 46 heavy (non-hydrogen) atoms. The second-order valence-corrected chi connectivity index (χ2v) is 11.6. The van der Waals surface area contributed by atoms with Crippen LogP contribution in [0.3, 0.4) is 0 Å². The van der Waals surface area contributed by atoms with Gasteiger partial charge in [-0.25, -0.2) is 0 Å². The third-order valence-electron chi connectivity index (χ3n) is 9.06. The Morgan fingerprint density at radius 2 is 0.783 bits per heavy atom. The summed E-state index contributed by atoms with van der Waals surface area (Å²) in [7, 11) is 0. The van der Waals surface area contributed by atoms with E-state index in [0.717, 1.165) is 33.6 Å². The first-order chi connectivity index (χ1) is 22.6. The Bertz CT molecular complexity index is 1930. The van der Waals surface area contributed by atoms with Gasteiger partial charge in [0.05, 0.1) is 0 Å². The standard InChI is InChI=1S/C40H30N4O2/c45-37(27-13-5-1-6-14-27)41-31-21-23-35-33(25-31)39(29-17-9-3-10-18-29)40(43-35,30-19-11-4-12-20-30)34-26-32(22-24-36(34)44-39)42-38(46)28-15-7-2-8-16-28/h1-26,43-44H,(H,41,45)(H,42,46)/t39-,40-/m1/s1. The van der Waals surface area contributed by atoms with Crippen LogP contribution < -0.4 is 21.3 Å². The lowest BCUT2D eigenvalue weighted by molar-refractivity contribution is 0.101. The number of hydrogen-bond donors (Lipinski definition) is 4. The average molecular weight is 599 g/mol. The van der Waals surface area contributed by atoms with Crippen molar-refractivity contribution in [3.63, 3.8) is 0 Å². The van der Waals surface area contributed by atoms with E-state index in [0.29, 0.717) is 22.5 Å². The fraction of sp³-hybridized carbons (Fsp3) is 0.0500. The molecule has 6 heteroatoms. The molecule has 0 unspecified atom stereocenters. The summed E-state index contributed by atoms with van der Waals surface area (Å²) >= 11 is 0. The Hall–Kier alpha value is -6.14. The Morgan fingerprint density at radius 1 is 0.435 bits per heavy atom. The zero-order chi connectivity index (χ0) is 31.1. The summed E-state index contributed by atoms with van der Waals surface area (Å²) in [6.07, 6.45) is 0. The predicted molar refractivity (Wildman–Crippen MR) is 183 cm³/mol. The Kier molecular flexibility index (Phi) is 6.43. The summed E-state index contributed by atoms with van der Waals surface area (Å²) in [6, 6.07) is 51.3. The van der Waals surface area contributed by atoms with Crippen LogP contribution in [-0.4, -0.2) is 11.8 Å². The van der Waals surface area contributed by atoms with E-state index in [1.807, 2.05) is 72.8 Å². The molecular formula is C40H30N4O2. The highest BCUT2D eigenvalue weighted by Gasteiger charge is 2.65. The third kappa shape index (κ3) is 4.19. The SMILES string of the molecule is O=C(Nc1ccc2c(c1)[C@@]1(c3ccccc3)Nc3ccc(NC(=O)c4ccccc4)cc3[C@@]1(c1ccccc1)N2)c1ccccc1. The van der Waals surface area contributed by atoms with Gasteiger partial charge in [0.2, 0.25) is 0 Å². The van der Waals surface area contributed by atoms with Crippen molar-refractivity contribution < 1.29 is 9.59 Å². The molecule has 0 fully saturated rings. The third-order valence-corrected chi connectivity index (χ3v) is 9.06. The van der Waals surface area contributed by atoms with Crippen molar-refractivity contribution in [3.05, 3.63) is 191 Å². The maximum atomic E-state index is 13.2. The second-order valence-electron chi connectivity index (χ2n) is 11.6. The minimum Gasteiger partial charge on any atom is -0.369 e. The molecule has 2 amide bonds. The monoisotopic (exact) mass is 598 g/mol. The number of amides is 2. The quantitative estimate of drug-likeness (QED) is 0.156. The van der Waals surface area contributed by atoms with Crippen molar-refractivity contribution in [1.82, 2.24) is 0 Å². The molecule has 222 valence electrons. The first-order valence-corrected chi connectivity index (χ1v) is 15.3. The highest BCUT2D eigenvalue weighted by molar-refractivity contribution is 6.05. The molecule has 6 aromatic rings. The van der Waals surface area contributed by atoms with Crippen LogP contribution in [0.25, 0.3) is 0 Å². The molecule has 2 atom stereocenters. The molecule has 0 saturated carbocycles. The van der Waals surface area contributed by atoms with Crippen LogP contribution in [-0.2, 0) is 11.1 Å². The van der Waals surface area contributed by atoms with Crippen LogP contribution in [0, 0.1) is 0 Å². The number of carbonyl (C=O) groups excluding carboxylic acids is 2. The number of anilines is 4. The average Bonchev–Trinajstić information content (AvgIpc) is 3.57. The number of benzene rings is 6. The van der Waals surface area contributed by atoms with Gasteiger partial charge in [-0.05, 0) is 71.8 Å². The molecule has 2 heterocycles. The van der Waals surface area contributed by atoms with E-state index in [9.17, 15) is 9.59 Å². The lowest BCUT2D eigenvalue weighted by Gasteiger charge is -2.42. The summed E-state index contributed by atoms with van der Waals surface area (Å²) < 4.78 is 0. The summed E-state index contributed by atoms with van der Waals surface area (Å²) in [5.74, 6) is -0.341. The summed E-state index contributed by atoms with van der Waals surface area (Å²) in [5, 5.41) is 14.1. The number of carbonyl (C=O) groups is 2. The van der Waals surface area contributed by atoms with Crippen LogP contribution in [0.1, 0.15) is 43.0 Å². The minimum absolute atomic E-state index is 0.170. The minimum atomic E-state index is -0.803. The second kappa shape index (κ2) is 10.8. The van der Waals surface area contributed by atoms with Gasteiger partial charge in [0.15, 0.2) is 0 Å². The maximum absolute atomic E-state index is 13.2. The number of nitrogens with one attached hydrogen (secondary N) is 4. The molecule has 0 bridgehead atoms. The van der Waals surface area contributed by atoms with Crippen LogP contribution in [0.4, 0.5) is 22.7 Å². The van der Waals surface area contributed by atoms with Gasteiger partial charge in [0, 0.05) is 45.0 Å². The fourth-order valence-corrected chi connectivity index (χ4v) is 7.06. The Labute approximate surface area is 267 Å². The zero-order valence-electron chi connectivity index (χ0n) is 24.8. The maximum Gasteiger partial charge on any atom is 0.255 e. The van der Waals surface area contributed by atoms with Crippen molar-refractivity contribution in [3.8, 4) is 0 Å². The zero-order valence-corrected chi connectivity index (χ0v) is 24.8. The number of hydrogen-bond acceptors (Lipinski definition) is 4. The number of fused-ring (bicyclic) bond motifs is 5. The summed E-state index contributed by atoms with van der Waals surface area (Å²) in [6.45, 7) is 0. The summed E-state index contributed by atoms with van der Waals surface area (Å²) in [5.41, 5.74) is 6.98. The van der Waals surface area contributed by atoms with Crippen molar-refractivity contribution in [1.29, 1.82) is 0 Å². The molecule has 8 rings (SSSR count). The molecule has 0 radical (unpaired) electrons. The van der Waals surface area contributed by atoms with E-state index in [2.05, 4.69) is 81.9 Å². The molecule has 2 aliphatic heterocycles. The van der Waals surface area contributed by atoms with E-state index in [1.54, 1.807) is 24.3 Å². The van der Waals surface area contributed by atoms with Gasteiger partial charge in [-0.15, -0.1) is 0 Å². The summed E-state index contributed by atoms with van der Waals surface area (Å²) in [4.78, 5) is 26.4. The van der Waals surface area contributed by atoms with E-state index >= 15 is 0 Å². The molecule has 0 aromatic heterocycles. The van der Waals surface area contributed by atoms with Crippen LogP contribution in [0.2, 0.25) is 0 Å².